The summed E-state index contributed by atoms with van der Waals surface area (Å²) in [6.45, 7) is 1.93. The molecule has 0 aliphatic rings. The Morgan fingerprint density at radius 2 is 1.94 bits per heavy atom. The average molecular weight is 391 g/mol. The van der Waals surface area contributed by atoms with Crippen LogP contribution in [0.4, 0.5) is 5.82 Å². The van der Waals surface area contributed by atoms with E-state index in [9.17, 15) is 0 Å². The van der Waals surface area contributed by atoms with Crippen LogP contribution in [-0.2, 0) is 0 Å². The van der Waals surface area contributed by atoms with E-state index in [0.29, 0.717) is 10.8 Å². The summed E-state index contributed by atoms with van der Waals surface area (Å²) in [4.78, 5) is 8.90. The van der Waals surface area contributed by atoms with Crippen molar-refractivity contribution >= 4 is 49.3 Å². The molecule has 0 aliphatic carbocycles. The summed E-state index contributed by atoms with van der Waals surface area (Å²) in [5, 5.41) is 3.67. The molecule has 0 radical (unpaired) electrons. The second-order valence-electron chi connectivity index (χ2n) is 3.67. The lowest BCUT2D eigenvalue weighted by Gasteiger charge is -2.09. The van der Waals surface area contributed by atoms with Gasteiger partial charge in [0.25, 0.3) is 0 Å². The number of halogens is 3. The Balaban J connectivity index is 2.57. The van der Waals surface area contributed by atoms with Gasteiger partial charge in [-0.2, -0.15) is 0 Å². The van der Waals surface area contributed by atoms with E-state index in [1.54, 1.807) is 0 Å². The predicted molar refractivity (Wildman–Crippen MR) is 82.2 cm³/mol. The van der Waals surface area contributed by atoms with Crippen molar-refractivity contribution in [3.63, 3.8) is 0 Å². The van der Waals surface area contributed by atoms with Gasteiger partial charge in [-0.1, -0.05) is 11.6 Å². The Bertz CT molecular complexity index is 602. The summed E-state index contributed by atoms with van der Waals surface area (Å²) in [6.07, 6.45) is 0. The molecule has 0 saturated heterocycles. The van der Waals surface area contributed by atoms with Crippen LogP contribution in [-0.4, -0.2) is 17.0 Å². The molecule has 94 valence electrons. The van der Waals surface area contributed by atoms with Gasteiger partial charge in [0.2, 0.25) is 0 Å². The lowest BCUT2D eigenvalue weighted by molar-refractivity contribution is 1.09. The number of nitrogens with zero attached hydrogens (tertiary/aromatic N) is 2. The van der Waals surface area contributed by atoms with Crippen LogP contribution in [0.25, 0.3) is 11.4 Å². The van der Waals surface area contributed by atoms with E-state index in [0.717, 1.165) is 26.0 Å². The largest absolute Gasteiger partial charge is 0.372 e. The van der Waals surface area contributed by atoms with E-state index in [4.69, 9.17) is 11.6 Å². The van der Waals surface area contributed by atoms with Crippen LogP contribution >= 0.6 is 43.5 Å². The van der Waals surface area contributed by atoms with E-state index in [-0.39, 0.29) is 0 Å². The first-order chi connectivity index (χ1) is 8.52. The highest BCUT2D eigenvalue weighted by Gasteiger charge is 2.10. The summed E-state index contributed by atoms with van der Waals surface area (Å²) < 4.78 is 1.73. The number of benzene rings is 1. The van der Waals surface area contributed by atoms with Gasteiger partial charge in [-0.25, -0.2) is 9.97 Å². The summed E-state index contributed by atoms with van der Waals surface area (Å²) in [6, 6.07) is 5.66. The second kappa shape index (κ2) is 5.55. The third-order valence-corrected chi connectivity index (χ3v) is 4.61. The predicted octanol–water partition coefficient (Wildman–Crippen LogP) is 4.67. The minimum absolute atomic E-state index is 0.641. The third kappa shape index (κ3) is 2.68. The number of aryl methyl sites for hydroxylation is 1. The number of hydrogen-bond acceptors (Lipinski definition) is 3. The molecule has 1 aromatic heterocycles. The van der Waals surface area contributed by atoms with Crippen molar-refractivity contribution in [2.45, 2.75) is 6.92 Å². The second-order valence-corrected chi connectivity index (χ2v) is 5.73. The normalized spacial score (nSPS) is 10.5. The summed E-state index contributed by atoms with van der Waals surface area (Å²) in [5.41, 5.74) is 1.76. The van der Waals surface area contributed by atoms with Crippen LogP contribution in [0.3, 0.4) is 0 Å². The van der Waals surface area contributed by atoms with Crippen LogP contribution in [0.2, 0.25) is 5.02 Å². The molecule has 1 N–H and O–H groups in total. The quantitative estimate of drug-likeness (QED) is 0.808. The van der Waals surface area contributed by atoms with Crippen LogP contribution in [0.1, 0.15) is 5.69 Å². The molecule has 0 bridgehead atoms. The van der Waals surface area contributed by atoms with Gasteiger partial charge in [0, 0.05) is 17.1 Å². The van der Waals surface area contributed by atoms with Crippen LogP contribution in [0.5, 0.6) is 0 Å². The molecule has 0 unspecified atom stereocenters. The third-order valence-electron chi connectivity index (χ3n) is 2.43. The van der Waals surface area contributed by atoms with Crippen LogP contribution < -0.4 is 5.32 Å². The molecule has 3 nitrogen and oxygen atoms in total. The van der Waals surface area contributed by atoms with Crippen LogP contribution in [0, 0.1) is 6.92 Å². The van der Waals surface area contributed by atoms with E-state index in [2.05, 4.69) is 47.1 Å². The fourth-order valence-electron chi connectivity index (χ4n) is 1.49. The van der Waals surface area contributed by atoms with Crippen molar-refractivity contribution in [3.05, 3.63) is 37.9 Å². The number of hydrogen-bond donors (Lipinski definition) is 1. The summed E-state index contributed by atoms with van der Waals surface area (Å²) >= 11 is 12.9. The highest BCUT2D eigenvalue weighted by Crippen LogP contribution is 2.30. The molecule has 0 amide bonds. The first kappa shape index (κ1) is 13.8. The monoisotopic (exact) mass is 389 g/mol. The lowest BCUT2D eigenvalue weighted by atomic mass is 10.2. The smallest absolute Gasteiger partial charge is 0.161 e. The molecular weight excluding hydrogens is 381 g/mol. The Kier molecular flexibility index (Phi) is 4.25. The van der Waals surface area contributed by atoms with Crippen molar-refractivity contribution in [3.8, 4) is 11.4 Å². The van der Waals surface area contributed by atoms with Gasteiger partial charge in [-0.05, 0) is 57.0 Å². The average Bonchev–Trinajstić information content (AvgIpc) is 2.36. The minimum Gasteiger partial charge on any atom is -0.372 e. The van der Waals surface area contributed by atoms with E-state index < -0.39 is 0 Å². The Labute approximate surface area is 127 Å². The van der Waals surface area contributed by atoms with Crippen molar-refractivity contribution in [1.82, 2.24) is 9.97 Å². The summed E-state index contributed by atoms with van der Waals surface area (Å²) in [5.74, 6) is 1.41. The van der Waals surface area contributed by atoms with E-state index in [1.807, 2.05) is 32.2 Å². The fraction of sp³-hybridized carbons (Fsp3) is 0.167. The minimum atomic E-state index is 0.641. The maximum Gasteiger partial charge on any atom is 0.161 e. The SMILES string of the molecule is CNc1nc(-c2ccc(Br)c(Cl)c2)nc(C)c1Br. The topological polar surface area (TPSA) is 37.8 Å². The lowest BCUT2D eigenvalue weighted by Crippen LogP contribution is -2.00. The van der Waals surface area contributed by atoms with E-state index >= 15 is 0 Å². The molecule has 2 rings (SSSR count). The maximum absolute atomic E-state index is 6.08. The molecule has 0 atom stereocenters. The Hall–Kier alpha value is -0.650. The van der Waals surface area contributed by atoms with Gasteiger partial charge in [0.1, 0.15) is 5.82 Å². The molecule has 2 aromatic rings. The van der Waals surface area contributed by atoms with Gasteiger partial charge in [0.05, 0.1) is 15.2 Å². The van der Waals surface area contributed by atoms with Gasteiger partial charge in [-0.3, -0.25) is 0 Å². The first-order valence-corrected chi connectivity index (χ1v) is 7.16. The zero-order chi connectivity index (χ0) is 13.3. The number of nitrogens with one attached hydrogen (secondary N) is 1. The molecular formula is C12H10Br2ClN3. The molecule has 0 spiro atoms. The molecule has 0 aliphatic heterocycles. The van der Waals surface area contributed by atoms with E-state index in [1.165, 1.54) is 0 Å². The number of aromatic nitrogens is 2. The molecule has 1 heterocycles. The highest BCUT2D eigenvalue weighted by molar-refractivity contribution is 9.11. The molecule has 6 heteroatoms. The molecule has 18 heavy (non-hydrogen) atoms. The standard InChI is InChI=1S/C12H10Br2ClN3/c1-6-10(14)12(16-2)18-11(17-6)7-3-4-8(13)9(15)5-7/h3-5H,1-2H3,(H,16,17,18). The van der Waals surface area contributed by atoms with Gasteiger partial charge in [-0.15, -0.1) is 0 Å². The Morgan fingerprint density at radius 1 is 1.22 bits per heavy atom. The zero-order valence-corrected chi connectivity index (χ0v) is 13.7. The summed E-state index contributed by atoms with van der Waals surface area (Å²) in [7, 11) is 1.82. The van der Waals surface area contributed by atoms with Crippen molar-refractivity contribution in [1.29, 1.82) is 0 Å². The number of rotatable bonds is 2. The maximum atomic E-state index is 6.08. The van der Waals surface area contributed by atoms with Crippen molar-refractivity contribution in [2.75, 3.05) is 12.4 Å². The molecule has 1 aromatic carbocycles. The fourth-order valence-corrected chi connectivity index (χ4v) is 2.29. The van der Waals surface area contributed by atoms with Gasteiger partial charge < -0.3 is 5.32 Å². The van der Waals surface area contributed by atoms with Crippen molar-refractivity contribution in [2.24, 2.45) is 0 Å². The van der Waals surface area contributed by atoms with Gasteiger partial charge >= 0.3 is 0 Å². The Morgan fingerprint density at radius 3 is 2.56 bits per heavy atom. The van der Waals surface area contributed by atoms with Crippen LogP contribution in [0.15, 0.2) is 27.1 Å². The highest BCUT2D eigenvalue weighted by atomic mass is 79.9. The zero-order valence-electron chi connectivity index (χ0n) is 9.76. The van der Waals surface area contributed by atoms with Gasteiger partial charge in [0.15, 0.2) is 5.82 Å². The van der Waals surface area contributed by atoms with Crippen molar-refractivity contribution < 1.29 is 0 Å². The molecule has 0 saturated carbocycles. The first-order valence-electron chi connectivity index (χ1n) is 5.20. The molecule has 0 fully saturated rings. The number of anilines is 1.